The van der Waals surface area contributed by atoms with E-state index in [0.29, 0.717) is 23.7 Å². The van der Waals surface area contributed by atoms with Gasteiger partial charge in [0.1, 0.15) is 0 Å². The molecule has 0 amide bonds. The van der Waals surface area contributed by atoms with Gasteiger partial charge in [-0.2, -0.15) is 13.9 Å². The molecule has 0 radical (unpaired) electrons. The summed E-state index contributed by atoms with van der Waals surface area (Å²) in [7, 11) is 1.48. The van der Waals surface area contributed by atoms with E-state index < -0.39 is 18.2 Å². The van der Waals surface area contributed by atoms with E-state index in [1.165, 1.54) is 19.2 Å². The number of aromatic nitrogens is 3. The largest absolute Gasteiger partial charge is 0.481 e. The molecule has 25 heavy (non-hydrogen) atoms. The Bertz CT molecular complexity index is 854. The molecule has 130 valence electrons. The molecule has 0 aliphatic rings. The van der Waals surface area contributed by atoms with E-state index in [1.807, 2.05) is 0 Å². The molecule has 5 nitrogen and oxygen atoms in total. The zero-order chi connectivity index (χ0) is 17.8. The first-order valence-electron chi connectivity index (χ1n) is 7.33. The van der Waals surface area contributed by atoms with Gasteiger partial charge in [0.25, 0.3) is 0 Å². The number of benzene rings is 1. The second kappa shape index (κ2) is 7.25. The Balaban J connectivity index is 1.92. The topological polar surface area (TPSA) is 49.2 Å². The van der Waals surface area contributed by atoms with Crippen LogP contribution in [0, 0.1) is 5.82 Å². The van der Waals surface area contributed by atoms with Gasteiger partial charge in [-0.05, 0) is 36.4 Å². The predicted octanol–water partition coefficient (Wildman–Crippen LogP) is 3.74. The van der Waals surface area contributed by atoms with Gasteiger partial charge < -0.3 is 9.47 Å². The molecule has 0 saturated carbocycles. The molecule has 0 bridgehead atoms. The number of halogens is 3. The highest BCUT2D eigenvalue weighted by atomic mass is 19.3. The van der Waals surface area contributed by atoms with Crippen LogP contribution in [0.3, 0.4) is 0 Å². The van der Waals surface area contributed by atoms with E-state index in [2.05, 4.69) is 14.8 Å². The third-order valence-corrected chi connectivity index (χ3v) is 3.47. The van der Waals surface area contributed by atoms with Gasteiger partial charge in [0.15, 0.2) is 11.6 Å². The van der Waals surface area contributed by atoms with Gasteiger partial charge in [0.2, 0.25) is 5.88 Å². The van der Waals surface area contributed by atoms with Crippen LogP contribution in [-0.4, -0.2) is 28.5 Å². The van der Waals surface area contributed by atoms with Crippen LogP contribution in [0.4, 0.5) is 13.2 Å². The highest BCUT2D eigenvalue weighted by Gasteiger charge is 2.14. The third kappa shape index (κ3) is 3.90. The average Bonchev–Trinajstić information content (AvgIpc) is 3.10. The fraction of sp³-hybridized carbons (Fsp3) is 0.176. The van der Waals surface area contributed by atoms with Crippen LogP contribution in [0.2, 0.25) is 0 Å². The lowest BCUT2D eigenvalue weighted by molar-refractivity contribution is -0.0521. The van der Waals surface area contributed by atoms with E-state index >= 15 is 0 Å². The van der Waals surface area contributed by atoms with Crippen LogP contribution in [0.1, 0.15) is 5.56 Å². The van der Waals surface area contributed by atoms with Gasteiger partial charge in [-0.25, -0.2) is 9.37 Å². The van der Waals surface area contributed by atoms with Gasteiger partial charge >= 0.3 is 6.61 Å². The molecule has 0 unspecified atom stereocenters. The summed E-state index contributed by atoms with van der Waals surface area (Å²) in [5, 5.41) is 4.12. The van der Waals surface area contributed by atoms with Crippen molar-refractivity contribution in [1.29, 1.82) is 0 Å². The summed E-state index contributed by atoms with van der Waals surface area (Å²) in [6.07, 6.45) is 3.47. The number of hydrogen-bond acceptors (Lipinski definition) is 4. The molecule has 0 aliphatic heterocycles. The van der Waals surface area contributed by atoms with Crippen molar-refractivity contribution in [2.75, 3.05) is 7.11 Å². The first-order chi connectivity index (χ1) is 12.1. The molecule has 0 spiro atoms. The van der Waals surface area contributed by atoms with Crippen LogP contribution in [0.5, 0.6) is 11.6 Å². The molecular weight excluding hydrogens is 335 g/mol. The lowest BCUT2D eigenvalue weighted by atomic mass is 10.1. The Morgan fingerprint density at radius 2 is 2.04 bits per heavy atom. The summed E-state index contributed by atoms with van der Waals surface area (Å²) < 4.78 is 49.5. The molecule has 0 atom stereocenters. The molecule has 8 heteroatoms. The number of nitrogens with zero attached hydrogens (tertiary/aromatic N) is 3. The summed E-state index contributed by atoms with van der Waals surface area (Å²) in [5.74, 6) is -1.03. The minimum Gasteiger partial charge on any atom is -0.481 e. The summed E-state index contributed by atoms with van der Waals surface area (Å²) >= 11 is 0. The minimum atomic E-state index is -3.11. The summed E-state index contributed by atoms with van der Waals surface area (Å²) in [6.45, 7) is -2.64. The van der Waals surface area contributed by atoms with Crippen LogP contribution < -0.4 is 9.47 Å². The summed E-state index contributed by atoms with van der Waals surface area (Å²) in [6, 6.07) is 8.95. The van der Waals surface area contributed by atoms with E-state index in [1.54, 1.807) is 35.3 Å². The smallest absolute Gasteiger partial charge is 0.387 e. The maximum absolute atomic E-state index is 13.6. The predicted molar refractivity (Wildman–Crippen MR) is 84.1 cm³/mol. The van der Waals surface area contributed by atoms with Crippen molar-refractivity contribution in [3.63, 3.8) is 0 Å². The second-order valence-corrected chi connectivity index (χ2v) is 5.09. The number of alkyl halides is 2. The van der Waals surface area contributed by atoms with Gasteiger partial charge in [-0.3, -0.25) is 4.68 Å². The lowest BCUT2D eigenvalue weighted by Crippen LogP contribution is -2.05. The van der Waals surface area contributed by atoms with Crippen molar-refractivity contribution in [2.24, 2.45) is 0 Å². The Morgan fingerprint density at radius 1 is 1.20 bits per heavy atom. The molecule has 0 aliphatic carbocycles. The molecular formula is C17H14F3N3O2. The van der Waals surface area contributed by atoms with Crippen LogP contribution >= 0.6 is 0 Å². The highest BCUT2D eigenvalue weighted by molar-refractivity contribution is 5.62. The van der Waals surface area contributed by atoms with E-state index in [9.17, 15) is 13.2 Å². The molecule has 0 saturated heterocycles. The monoisotopic (exact) mass is 349 g/mol. The maximum Gasteiger partial charge on any atom is 0.387 e. The number of rotatable bonds is 6. The summed E-state index contributed by atoms with van der Waals surface area (Å²) in [4.78, 5) is 4.36. The molecule has 0 N–H and O–H groups in total. The van der Waals surface area contributed by atoms with Gasteiger partial charge in [0.05, 0.1) is 19.3 Å². The van der Waals surface area contributed by atoms with Crippen molar-refractivity contribution in [3.05, 3.63) is 60.2 Å². The van der Waals surface area contributed by atoms with Crippen LogP contribution in [-0.2, 0) is 6.54 Å². The quantitative estimate of drug-likeness (QED) is 0.680. The molecule has 3 rings (SSSR count). The second-order valence-electron chi connectivity index (χ2n) is 5.09. The number of ether oxygens (including phenoxy) is 2. The van der Waals surface area contributed by atoms with Crippen LogP contribution in [0.25, 0.3) is 11.3 Å². The van der Waals surface area contributed by atoms with Crippen molar-refractivity contribution in [1.82, 2.24) is 14.8 Å². The number of pyridine rings is 1. The molecule has 2 heterocycles. The standard InChI is InChI=1S/C17H14F3N3O2/c1-24-16-12(10-23-8-2-7-21-23)4-6-14(22-16)11-3-5-13(18)15(9-11)25-17(19)20/h2-9,17H,10H2,1H3. The Hall–Kier alpha value is -3.03. The number of hydrogen-bond donors (Lipinski definition) is 0. The SMILES string of the molecule is COc1nc(-c2ccc(F)c(OC(F)F)c2)ccc1Cn1cccn1. The van der Waals surface area contributed by atoms with Crippen molar-refractivity contribution in [3.8, 4) is 22.9 Å². The molecule has 3 aromatic rings. The van der Waals surface area contributed by atoms with E-state index in [4.69, 9.17) is 4.74 Å². The normalized spacial score (nSPS) is 10.9. The number of methoxy groups -OCH3 is 1. The minimum absolute atomic E-state index is 0.369. The van der Waals surface area contributed by atoms with Gasteiger partial charge in [-0.15, -0.1) is 0 Å². The molecule has 0 fully saturated rings. The maximum atomic E-state index is 13.6. The summed E-state index contributed by atoms with van der Waals surface area (Å²) in [5.41, 5.74) is 1.67. The fourth-order valence-corrected chi connectivity index (χ4v) is 2.34. The highest BCUT2D eigenvalue weighted by Crippen LogP contribution is 2.29. The molecule has 2 aromatic heterocycles. The Labute approximate surface area is 141 Å². The Morgan fingerprint density at radius 3 is 2.72 bits per heavy atom. The third-order valence-electron chi connectivity index (χ3n) is 3.47. The molecule has 1 aromatic carbocycles. The van der Waals surface area contributed by atoms with Crippen LogP contribution in [0.15, 0.2) is 48.8 Å². The Kier molecular flexibility index (Phi) is 4.87. The van der Waals surface area contributed by atoms with E-state index in [-0.39, 0.29) is 0 Å². The zero-order valence-corrected chi connectivity index (χ0v) is 13.2. The lowest BCUT2D eigenvalue weighted by Gasteiger charge is -2.11. The average molecular weight is 349 g/mol. The van der Waals surface area contributed by atoms with E-state index in [0.717, 1.165) is 11.6 Å². The van der Waals surface area contributed by atoms with Gasteiger partial charge in [-0.1, -0.05) is 0 Å². The van der Waals surface area contributed by atoms with Crippen molar-refractivity contribution >= 4 is 0 Å². The van der Waals surface area contributed by atoms with Crippen molar-refractivity contribution < 1.29 is 22.6 Å². The zero-order valence-electron chi connectivity index (χ0n) is 13.2. The first-order valence-corrected chi connectivity index (χ1v) is 7.33. The van der Waals surface area contributed by atoms with Gasteiger partial charge in [0, 0.05) is 23.5 Å². The first kappa shape index (κ1) is 16.8. The van der Waals surface area contributed by atoms with Crippen molar-refractivity contribution in [2.45, 2.75) is 13.2 Å². The fourth-order valence-electron chi connectivity index (χ4n) is 2.34.